The molecule has 0 aromatic rings. The predicted molar refractivity (Wildman–Crippen MR) is 70.9 cm³/mol. The van der Waals surface area contributed by atoms with Gasteiger partial charge in [-0.05, 0) is 45.4 Å². The zero-order valence-electron chi connectivity index (χ0n) is 11.2. The van der Waals surface area contributed by atoms with E-state index in [-0.39, 0.29) is 0 Å². The Morgan fingerprint density at radius 3 is 2.19 bits per heavy atom. The van der Waals surface area contributed by atoms with E-state index in [1.807, 2.05) is 0 Å². The fourth-order valence-corrected chi connectivity index (χ4v) is 2.22. The van der Waals surface area contributed by atoms with Crippen LogP contribution in [0, 0.1) is 0 Å². The van der Waals surface area contributed by atoms with Gasteiger partial charge in [0.05, 0.1) is 0 Å². The third-order valence-corrected chi connectivity index (χ3v) is 3.42. The molecule has 0 amide bonds. The highest BCUT2D eigenvalue weighted by atomic mass is 15.3. The highest BCUT2D eigenvalue weighted by Crippen LogP contribution is 2.02. The summed E-state index contributed by atoms with van der Waals surface area (Å²) < 4.78 is 0. The standard InChI is InChI=1S/C13H29N3/c1-3-7-14-8-5-6-9-16-12-10-15(4-2)11-13-16/h14H,3-13H2,1-2H3. The topological polar surface area (TPSA) is 18.5 Å². The van der Waals surface area contributed by atoms with Gasteiger partial charge in [0.1, 0.15) is 0 Å². The van der Waals surface area contributed by atoms with Crippen molar-refractivity contribution in [1.82, 2.24) is 15.1 Å². The molecule has 3 nitrogen and oxygen atoms in total. The maximum atomic E-state index is 3.46. The number of unbranched alkanes of at least 4 members (excludes halogenated alkanes) is 1. The molecule has 1 aliphatic heterocycles. The summed E-state index contributed by atoms with van der Waals surface area (Å²) in [6, 6.07) is 0. The molecule has 0 saturated carbocycles. The molecule has 0 aromatic heterocycles. The lowest BCUT2D eigenvalue weighted by Crippen LogP contribution is -2.46. The van der Waals surface area contributed by atoms with Crippen LogP contribution in [-0.2, 0) is 0 Å². The Kier molecular flexibility index (Phi) is 7.81. The van der Waals surface area contributed by atoms with Crippen LogP contribution in [-0.4, -0.2) is 62.2 Å². The SMILES string of the molecule is CCCNCCCCN1CCN(CC)CC1. The molecule has 1 fully saturated rings. The first-order valence-corrected chi connectivity index (χ1v) is 7.02. The summed E-state index contributed by atoms with van der Waals surface area (Å²) in [5.41, 5.74) is 0. The number of hydrogen-bond acceptors (Lipinski definition) is 3. The van der Waals surface area contributed by atoms with Gasteiger partial charge >= 0.3 is 0 Å². The molecule has 0 aliphatic carbocycles. The zero-order valence-corrected chi connectivity index (χ0v) is 11.2. The van der Waals surface area contributed by atoms with Gasteiger partial charge in [-0.15, -0.1) is 0 Å². The van der Waals surface area contributed by atoms with Crippen LogP contribution >= 0.6 is 0 Å². The maximum Gasteiger partial charge on any atom is 0.0110 e. The summed E-state index contributed by atoms with van der Waals surface area (Å²) in [7, 11) is 0. The van der Waals surface area contributed by atoms with Gasteiger partial charge < -0.3 is 15.1 Å². The van der Waals surface area contributed by atoms with Crippen LogP contribution in [0.5, 0.6) is 0 Å². The normalized spacial score (nSPS) is 19.1. The Hall–Kier alpha value is -0.120. The third-order valence-electron chi connectivity index (χ3n) is 3.42. The average molecular weight is 227 g/mol. The Labute approximate surface area is 101 Å². The van der Waals surface area contributed by atoms with Crippen molar-refractivity contribution in [2.24, 2.45) is 0 Å². The predicted octanol–water partition coefficient (Wildman–Crippen LogP) is 1.40. The largest absolute Gasteiger partial charge is 0.317 e. The van der Waals surface area contributed by atoms with E-state index in [2.05, 4.69) is 29.0 Å². The van der Waals surface area contributed by atoms with Crippen LogP contribution in [0.15, 0.2) is 0 Å². The van der Waals surface area contributed by atoms with Crippen LogP contribution in [0.25, 0.3) is 0 Å². The van der Waals surface area contributed by atoms with Gasteiger partial charge in [-0.2, -0.15) is 0 Å². The molecular formula is C13H29N3. The van der Waals surface area contributed by atoms with E-state index < -0.39 is 0 Å². The van der Waals surface area contributed by atoms with E-state index in [1.165, 1.54) is 71.6 Å². The molecule has 1 heterocycles. The quantitative estimate of drug-likeness (QED) is 0.633. The van der Waals surface area contributed by atoms with Gasteiger partial charge in [0.15, 0.2) is 0 Å². The van der Waals surface area contributed by atoms with Gasteiger partial charge in [0.25, 0.3) is 0 Å². The second kappa shape index (κ2) is 8.97. The Morgan fingerprint density at radius 2 is 1.56 bits per heavy atom. The molecule has 96 valence electrons. The zero-order chi connectivity index (χ0) is 11.6. The summed E-state index contributed by atoms with van der Waals surface area (Å²) in [6.07, 6.45) is 3.93. The molecule has 0 atom stereocenters. The van der Waals surface area contributed by atoms with Crippen molar-refractivity contribution < 1.29 is 0 Å². The number of hydrogen-bond donors (Lipinski definition) is 1. The van der Waals surface area contributed by atoms with Crippen LogP contribution in [0.4, 0.5) is 0 Å². The van der Waals surface area contributed by atoms with E-state index in [1.54, 1.807) is 0 Å². The molecule has 1 saturated heterocycles. The van der Waals surface area contributed by atoms with Crippen molar-refractivity contribution in [3.8, 4) is 0 Å². The summed E-state index contributed by atoms with van der Waals surface area (Å²) in [5.74, 6) is 0. The molecule has 1 rings (SSSR count). The third kappa shape index (κ3) is 5.83. The molecule has 0 spiro atoms. The minimum atomic E-state index is 1.18. The summed E-state index contributed by atoms with van der Waals surface area (Å²) >= 11 is 0. The van der Waals surface area contributed by atoms with Gasteiger partial charge in [-0.3, -0.25) is 0 Å². The van der Waals surface area contributed by atoms with E-state index in [0.29, 0.717) is 0 Å². The van der Waals surface area contributed by atoms with Crippen LogP contribution in [0.1, 0.15) is 33.1 Å². The van der Waals surface area contributed by atoms with Crippen LogP contribution in [0.2, 0.25) is 0 Å². The van der Waals surface area contributed by atoms with E-state index in [4.69, 9.17) is 0 Å². The van der Waals surface area contributed by atoms with Crippen LogP contribution in [0.3, 0.4) is 0 Å². The van der Waals surface area contributed by atoms with Crippen molar-refractivity contribution in [3.63, 3.8) is 0 Å². The smallest absolute Gasteiger partial charge is 0.0110 e. The molecule has 0 unspecified atom stereocenters. The van der Waals surface area contributed by atoms with Gasteiger partial charge in [-0.1, -0.05) is 13.8 Å². The van der Waals surface area contributed by atoms with Gasteiger partial charge in [0, 0.05) is 26.2 Å². The molecule has 0 radical (unpaired) electrons. The minimum absolute atomic E-state index is 1.18. The summed E-state index contributed by atoms with van der Waals surface area (Å²) in [6.45, 7) is 14.5. The lowest BCUT2D eigenvalue weighted by atomic mass is 10.2. The fraction of sp³-hybridized carbons (Fsp3) is 1.00. The number of likely N-dealkylation sites (N-methyl/N-ethyl adjacent to an activating group) is 1. The average Bonchev–Trinajstić information content (AvgIpc) is 2.34. The lowest BCUT2D eigenvalue weighted by Gasteiger charge is -2.33. The first-order chi connectivity index (χ1) is 7.86. The first-order valence-electron chi connectivity index (χ1n) is 7.02. The summed E-state index contributed by atoms with van der Waals surface area (Å²) in [4.78, 5) is 5.16. The van der Waals surface area contributed by atoms with E-state index >= 15 is 0 Å². The van der Waals surface area contributed by atoms with Crippen LogP contribution < -0.4 is 5.32 Å². The Bertz CT molecular complexity index is 153. The monoisotopic (exact) mass is 227 g/mol. The Morgan fingerprint density at radius 1 is 0.875 bits per heavy atom. The number of nitrogens with zero attached hydrogens (tertiary/aromatic N) is 2. The van der Waals surface area contributed by atoms with Gasteiger partial charge in [-0.25, -0.2) is 0 Å². The summed E-state index contributed by atoms with van der Waals surface area (Å²) in [5, 5.41) is 3.46. The highest BCUT2D eigenvalue weighted by molar-refractivity contribution is 4.70. The van der Waals surface area contributed by atoms with Crippen molar-refractivity contribution in [2.75, 3.05) is 52.4 Å². The molecular weight excluding hydrogens is 198 g/mol. The molecule has 1 aliphatic rings. The van der Waals surface area contributed by atoms with Crippen molar-refractivity contribution in [1.29, 1.82) is 0 Å². The second-order valence-electron chi connectivity index (χ2n) is 4.73. The van der Waals surface area contributed by atoms with Crippen molar-refractivity contribution in [2.45, 2.75) is 33.1 Å². The number of nitrogens with one attached hydrogen (secondary N) is 1. The minimum Gasteiger partial charge on any atom is -0.317 e. The highest BCUT2D eigenvalue weighted by Gasteiger charge is 2.14. The van der Waals surface area contributed by atoms with E-state index in [0.717, 1.165) is 0 Å². The fourth-order valence-electron chi connectivity index (χ4n) is 2.22. The molecule has 3 heteroatoms. The lowest BCUT2D eigenvalue weighted by molar-refractivity contribution is 0.135. The van der Waals surface area contributed by atoms with Crippen molar-refractivity contribution >= 4 is 0 Å². The van der Waals surface area contributed by atoms with Gasteiger partial charge in [0.2, 0.25) is 0 Å². The van der Waals surface area contributed by atoms with Crippen molar-refractivity contribution in [3.05, 3.63) is 0 Å². The second-order valence-corrected chi connectivity index (χ2v) is 4.73. The maximum absolute atomic E-state index is 3.46. The molecule has 0 bridgehead atoms. The molecule has 0 aromatic carbocycles. The Balaban J connectivity index is 1.90. The molecule has 1 N–H and O–H groups in total. The van der Waals surface area contributed by atoms with E-state index in [9.17, 15) is 0 Å². The number of rotatable bonds is 8. The molecule has 16 heavy (non-hydrogen) atoms. The first kappa shape index (κ1) is 13.9. The number of piperazine rings is 1.